The molecule has 0 aliphatic rings. The van der Waals surface area contributed by atoms with E-state index in [4.69, 9.17) is 9.15 Å². The van der Waals surface area contributed by atoms with Crippen molar-refractivity contribution >= 4 is 29.9 Å². The molecule has 27 heavy (non-hydrogen) atoms. The molecule has 1 heterocycles. The van der Waals surface area contributed by atoms with Gasteiger partial charge in [0.2, 0.25) is 0 Å². The Bertz CT molecular complexity index is 688. The van der Waals surface area contributed by atoms with Crippen molar-refractivity contribution in [3.8, 4) is 5.75 Å². The van der Waals surface area contributed by atoms with Crippen LogP contribution >= 0.6 is 24.0 Å². The van der Waals surface area contributed by atoms with Crippen LogP contribution in [0.3, 0.4) is 0 Å². The number of halogens is 1. The van der Waals surface area contributed by atoms with Gasteiger partial charge in [-0.1, -0.05) is 18.2 Å². The van der Waals surface area contributed by atoms with E-state index < -0.39 is 5.60 Å². The van der Waals surface area contributed by atoms with Gasteiger partial charge >= 0.3 is 0 Å². The number of nitrogens with zero attached hydrogens (tertiary/aromatic N) is 1. The molecule has 0 radical (unpaired) electrons. The predicted molar refractivity (Wildman–Crippen MR) is 119 cm³/mol. The maximum Gasteiger partial charge on any atom is 0.191 e. The van der Waals surface area contributed by atoms with Gasteiger partial charge in [-0.3, -0.25) is 0 Å². The maximum absolute atomic E-state index is 10.5. The molecule has 0 aliphatic heterocycles. The van der Waals surface area contributed by atoms with E-state index in [0.29, 0.717) is 18.3 Å². The topological polar surface area (TPSA) is 79.0 Å². The number of furan rings is 1. The lowest BCUT2D eigenvalue weighted by Crippen LogP contribution is -2.39. The minimum Gasteiger partial charge on any atom is -0.493 e. The maximum atomic E-state index is 10.5. The first-order valence-corrected chi connectivity index (χ1v) is 9.00. The number of benzene rings is 1. The lowest BCUT2D eigenvalue weighted by molar-refractivity contribution is 0.0437. The normalized spacial score (nSPS) is 13.4. The van der Waals surface area contributed by atoms with Gasteiger partial charge in [0.25, 0.3) is 0 Å². The number of aliphatic imine (C=N–C) groups is 1. The highest BCUT2D eigenvalue weighted by Gasteiger charge is 2.25. The van der Waals surface area contributed by atoms with Crippen molar-refractivity contribution in [2.45, 2.75) is 32.8 Å². The van der Waals surface area contributed by atoms with E-state index in [0.717, 1.165) is 30.8 Å². The highest BCUT2D eigenvalue weighted by molar-refractivity contribution is 14.0. The van der Waals surface area contributed by atoms with Crippen LogP contribution in [0.2, 0.25) is 0 Å². The molecule has 1 aromatic heterocycles. The summed E-state index contributed by atoms with van der Waals surface area (Å²) < 4.78 is 11.1. The van der Waals surface area contributed by atoms with Crippen LogP contribution in [-0.2, 0) is 5.60 Å². The van der Waals surface area contributed by atoms with E-state index in [1.165, 1.54) is 0 Å². The van der Waals surface area contributed by atoms with E-state index in [-0.39, 0.29) is 30.5 Å². The van der Waals surface area contributed by atoms with Gasteiger partial charge in [0.05, 0.1) is 19.4 Å². The number of nitrogens with one attached hydrogen (secondary N) is 2. The molecule has 0 amide bonds. The molecular weight excluding hydrogens is 457 g/mol. The van der Waals surface area contributed by atoms with Crippen molar-refractivity contribution in [1.82, 2.24) is 10.6 Å². The van der Waals surface area contributed by atoms with Crippen LogP contribution in [-0.4, -0.2) is 37.3 Å². The second-order valence-electron chi connectivity index (χ2n) is 6.34. The second kappa shape index (κ2) is 11.9. The number of guanidine groups is 1. The van der Waals surface area contributed by atoms with E-state index in [1.54, 1.807) is 25.3 Å². The molecule has 1 aromatic carbocycles. The average Bonchev–Trinajstić information content (AvgIpc) is 3.16. The molecule has 1 unspecified atom stereocenters. The Kier molecular flexibility index (Phi) is 10.2. The number of aryl methyl sites for hydroxylation is 1. The molecule has 7 heteroatoms. The van der Waals surface area contributed by atoms with Crippen LogP contribution in [0.15, 0.2) is 52.1 Å². The van der Waals surface area contributed by atoms with E-state index >= 15 is 0 Å². The highest BCUT2D eigenvalue weighted by Crippen LogP contribution is 2.21. The second-order valence-corrected chi connectivity index (χ2v) is 6.34. The minimum atomic E-state index is -1.14. The summed E-state index contributed by atoms with van der Waals surface area (Å²) in [7, 11) is 0. The van der Waals surface area contributed by atoms with Crippen LogP contribution in [0.1, 0.15) is 31.6 Å². The zero-order valence-electron chi connectivity index (χ0n) is 16.2. The molecule has 2 aromatic rings. The molecule has 1 atom stereocenters. The third kappa shape index (κ3) is 7.80. The molecule has 0 saturated carbocycles. The quantitative estimate of drug-likeness (QED) is 0.219. The SMILES string of the molecule is CCNC(=NCC(C)(O)c1ccco1)NCCCOc1ccccc1C.I. The third-order valence-electron chi connectivity index (χ3n) is 3.91. The van der Waals surface area contributed by atoms with Gasteiger partial charge in [-0.15, -0.1) is 24.0 Å². The first kappa shape index (κ1) is 23.3. The molecule has 0 aliphatic carbocycles. The van der Waals surface area contributed by atoms with Gasteiger partial charge < -0.3 is 24.9 Å². The van der Waals surface area contributed by atoms with E-state index in [9.17, 15) is 5.11 Å². The number of rotatable bonds is 9. The fraction of sp³-hybridized carbons (Fsp3) is 0.450. The summed E-state index contributed by atoms with van der Waals surface area (Å²) >= 11 is 0. The van der Waals surface area contributed by atoms with Gasteiger partial charge in [0.1, 0.15) is 17.1 Å². The van der Waals surface area contributed by atoms with Crippen molar-refractivity contribution in [3.63, 3.8) is 0 Å². The summed E-state index contributed by atoms with van der Waals surface area (Å²) in [5, 5.41) is 16.9. The molecular formula is C20H30IN3O3. The monoisotopic (exact) mass is 487 g/mol. The standard InChI is InChI=1S/C20H29N3O3.HI/c1-4-21-19(23-15-20(3,24)18-11-7-13-26-18)22-12-8-14-25-17-10-6-5-9-16(17)2;/h5-7,9-11,13,24H,4,8,12,14-15H2,1-3H3,(H2,21,22,23);1H. The zero-order valence-corrected chi connectivity index (χ0v) is 18.5. The summed E-state index contributed by atoms with van der Waals surface area (Å²) in [5.41, 5.74) is -0.00435. The first-order valence-electron chi connectivity index (χ1n) is 9.00. The molecule has 2 rings (SSSR count). The lowest BCUT2D eigenvalue weighted by atomic mass is 10.0. The number of aliphatic hydroxyl groups is 1. The molecule has 3 N–H and O–H groups in total. The molecule has 0 spiro atoms. The van der Waals surface area contributed by atoms with Crippen LogP contribution in [0, 0.1) is 6.92 Å². The van der Waals surface area contributed by atoms with Crippen LogP contribution in [0.25, 0.3) is 0 Å². The Hall–Kier alpha value is -1.74. The molecule has 150 valence electrons. The highest BCUT2D eigenvalue weighted by atomic mass is 127. The predicted octanol–water partition coefficient (Wildman–Crippen LogP) is 3.44. The smallest absolute Gasteiger partial charge is 0.191 e. The summed E-state index contributed by atoms with van der Waals surface area (Å²) in [6.45, 7) is 8.03. The number of hydrogen-bond acceptors (Lipinski definition) is 4. The minimum absolute atomic E-state index is 0. The van der Waals surface area contributed by atoms with Gasteiger partial charge in [-0.05, 0) is 51.0 Å². The van der Waals surface area contributed by atoms with Gasteiger partial charge in [-0.2, -0.15) is 0 Å². The molecule has 0 fully saturated rings. The molecule has 0 bridgehead atoms. The summed E-state index contributed by atoms with van der Waals surface area (Å²) in [6.07, 6.45) is 2.39. The van der Waals surface area contributed by atoms with Crippen LogP contribution in [0.5, 0.6) is 5.75 Å². The largest absolute Gasteiger partial charge is 0.493 e. The Labute approximate surface area is 178 Å². The fourth-order valence-corrected chi connectivity index (χ4v) is 2.42. The van der Waals surface area contributed by atoms with E-state index in [1.807, 2.05) is 38.1 Å². The molecule has 6 nitrogen and oxygen atoms in total. The Morgan fingerprint density at radius 3 is 2.67 bits per heavy atom. The van der Waals surface area contributed by atoms with Crippen molar-refractivity contribution in [2.75, 3.05) is 26.2 Å². The molecule has 0 saturated heterocycles. The fourth-order valence-electron chi connectivity index (χ4n) is 2.42. The Morgan fingerprint density at radius 2 is 2.00 bits per heavy atom. The summed E-state index contributed by atoms with van der Waals surface area (Å²) in [6, 6.07) is 11.5. The zero-order chi connectivity index (χ0) is 18.8. The summed E-state index contributed by atoms with van der Waals surface area (Å²) in [4.78, 5) is 4.45. The number of ether oxygens (including phenoxy) is 1. The van der Waals surface area contributed by atoms with Crippen molar-refractivity contribution < 1.29 is 14.3 Å². The lowest BCUT2D eigenvalue weighted by Gasteiger charge is -2.19. The van der Waals surface area contributed by atoms with Gasteiger partial charge in [0.15, 0.2) is 5.96 Å². The van der Waals surface area contributed by atoms with Crippen LogP contribution < -0.4 is 15.4 Å². The Balaban J connectivity index is 0.00000364. The van der Waals surface area contributed by atoms with E-state index in [2.05, 4.69) is 15.6 Å². The Morgan fingerprint density at radius 1 is 1.22 bits per heavy atom. The average molecular weight is 487 g/mol. The van der Waals surface area contributed by atoms with Gasteiger partial charge in [-0.25, -0.2) is 4.99 Å². The van der Waals surface area contributed by atoms with Crippen molar-refractivity contribution in [2.24, 2.45) is 4.99 Å². The van der Waals surface area contributed by atoms with Crippen molar-refractivity contribution in [1.29, 1.82) is 0 Å². The van der Waals surface area contributed by atoms with Crippen LogP contribution in [0.4, 0.5) is 0 Å². The van der Waals surface area contributed by atoms with Crippen molar-refractivity contribution in [3.05, 3.63) is 54.0 Å². The first-order chi connectivity index (χ1) is 12.5. The van der Waals surface area contributed by atoms with Gasteiger partial charge in [0, 0.05) is 13.1 Å². The number of para-hydroxylation sites is 1. The third-order valence-corrected chi connectivity index (χ3v) is 3.91. The number of hydrogen-bond donors (Lipinski definition) is 3. The summed E-state index contributed by atoms with van der Waals surface area (Å²) in [5.74, 6) is 2.08.